The molecule has 0 unspecified atom stereocenters. The first-order chi connectivity index (χ1) is 10.5. The van der Waals surface area contributed by atoms with Crippen molar-refractivity contribution in [1.29, 1.82) is 0 Å². The SMILES string of the molecule is CC(C)(C)[NH2+]C/C(COc1ccccc1C1CCCC1)=N/O. The van der Waals surface area contributed by atoms with Gasteiger partial charge in [0, 0.05) is 0 Å². The molecule has 0 spiro atoms. The summed E-state index contributed by atoms with van der Waals surface area (Å²) >= 11 is 0. The first-order valence-corrected chi connectivity index (χ1v) is 8.25. The largest absolute Gasteiger partial charge is 0.487 e. The van der Waals surface area contributed by atoms with Crippen molar-refractivity contribution >= 4 is 5.71 Å². The number of nitrogens with two attached hydrogens (primary N) is 1. The van der Waals surface area contributed by atoms with Crippen LogP contribution < -0.4 is 10.1 Å². The minimum atomic E-state index is 0.109. The molecule has 0 bridgehead atoms. The molecule has 4 nitrogen and oxygen atoms in total. The van der Waals surface area contributed by atoms with E-state index in [0.29, 0.717) is 24.8 Å². The van der Waals surface area contributed by atoms with Crippen molar-refractivity contribution in [3.8, 4) is 5.75 Å². The maximum absolute atomic E-state index is 9.17. The molecule has 1 fully saturated rings. The topological polar surface area (TPSA) is 58.4 Å². The fourth-order valence-electron chi connectivity index (χ4n) is 2.90. The highest BCUT2D eigenvalue weighted by Gasteiger charge is 2.21. The van der Waals surface area contributed by atoms with Crippen LogP contribution in [0.5, 0.6) is 5.75 Å². The van der Waals surface area contributed by atoms with Gasteiger partial charge in [-0.1, -0.05) is 36.2 Å². The van der Waals surface area contributed by atoms with E-state index in [4.69, 9.17) is 9.94 Å². The van der Waals surface area contributed by atoms with E-state index in [-0.39, 0.29) is 5.54 Å². The molecule has 0 aromatic heterocycles. The number of para-hydroxylation sites is 1. The molecule has 0 heterocycles. The number of benzene rings is 1. The monoisotopic (exact) mass is 305 g/mol. The summed E-state index contributed by atoms with van der Waals surface area (Å²) in [4.78, 5) is 0. The Morgan fingerprint density at radius 1 is 1.27 bits per heavy atom. The Hall–Kier alpha value is -1.55. The summed E-state index contributed by atoms with van der Waals surface area (Å²) in [7, 11) is 0. The van der Waals surface area contributed by atoms with Crippen LogP contribution in [0, 0.1) is 0 Å². The summed E-state index contributed by atoms with van der Waals surface area (Å²) < 4.78 is 5.96. The van der Waals surface area contributed by atoms with Gasteiger partial charge in [0.2, 0.25) is 0 Å². The Morgan fingerprint density at radius 2 is 1.95 bits per heavy atom. The zero-order chi connectivity index (χ0) is 16.0. The van der Waals surface area contributed by atoms with Crippen LogP contribution in [0.2, 0.25) is 0 Å². The summed E-state index contributed by atoms with van der Waals surface area (Å²) in [6, 6.07) is 8.28. The van der Waals surface area contributed by atoms with Crippen molar-refractivity contribution < 1.29 is 15.3 Å². The smallest absolute Gasteiger partial charge is 0.148 e. The van der Waals surface area contributed by atoms with E-state index in [1.54, 1.807) is 0 Å². The number of hydrogen-bond acceptors (Lipinski definition) is 3. The minimum Gasteiger partial charge on any atom is -0.487 e. The molecule has 0 amide bonds. The first kappa shape index (κ1) is 16.8. The van der Waals surface area contributed by atoms with E-state index >= 15 is 0 Å². The molecule has 3 N–H and O–H groups in total. The predicted octanol–water partition coefficient (Wildman–Crippen LogP) is 2.92. The lowest BCUT2D eigenvalue weighted by Crippen LogP contribution is -2.95. The molecule has 2 rings (SSSR count). The second kappa shape index (κ2) is 7.63. The summed E-state index contributed by atoms with van der Waals surface area (Å²) in [6.07, 6.45) is 5.12. The van der Waals surface area contributed by atoms with Crippen LogP contribution in [0.3, 0.4) is 0 Å². The zero-order valence-electron chi connectivity index (χ0n) is 14.0. The molecule has 0 atom stereocenters. The van der Waals surface area contributed by atoms with Gasteiger partial charge in [-0.2, -0.15) is 0 Å². The molecule has 1 aromatic rings. The average Bonchev–Trinajstić information content (AvgIpc) is 3.01. The molecular formula is C18H29N2O2+. The van der Waals surface area contributed by atoms with Crippen molar-refractivity contribution in [1.82, 2.24) is 0 Å². The van der Waals surface area contributed by atoms with Crippen molar-refractivity contribution in [2.75, 3.05) is 13.2 Å². The lowest BCUT2D eigenvalue weighted by atomic mass is 9.97. The molecule has 0 aliphatic heterocycles. The lowest BCUT2D eigenvalue weighted by molar-refractivity contribution is -0.705. The molecule has 1 aromatic carbocycles. The van der Waals surface area contributed by atoms with Gasteiger partial charge in [0.25, 0.3) is 0 Å². The van der Waals surface area contributed by atoms with Crippen LogP contribution in [0.1, 0.15) is 57.9 Å². The quantitative estimate of drug-likeness (QED) is 0.482. The fraction of sp³-hybridized carbons (Fsp3) is 0.611. The van der Waals surface area contributed by atoms with Crippen LogP contribution in [-0.2, 0) is 0 Å². The summed E-state index contributed by atoms with van der Waals surface area (Å²) in [5.74, 6) is 1.55. The first-order valence-electron chi connectivity index (χ1n) is 8.25. The third-order valence-electron chi connectivity index (χ3n) is 4.20. The number of hydrogen-bond donors (Lipinski definition) is 2. The molecule has 1 aliphatic rings. The Kier molecular flexibility index (Phi) is 5.83. The highest BCUT2D eigenvalue weighted by atomic mass is 16.5. The van der Waals surface area contributed by atoms with Gasteiger partial charge in [-0.3, -0.25) is 0 Å². The summed E-state index contributed by atoms with van der Waals surface area (Å²) in [5.41, 5.74) is 2.07. The maximum atomic E-state index is 9.17. The highest BCUT2D eigenvalue weighted by Crippen LogP contribution is 2.38. The lowest BCUT2D eigenvalue weighted by Gasteiger charge is -2.18. The molecule has 122 valence electrons. The molecule has 4 heteroatoms. The third kappa shape index (κ3) is 5.02. The van der Waals surface area contributed by atoms with Crippen LogP contribution >= 0.6 is 0 Å². The van der Waals surface area contributed by atoms with E-state index in [9.17, 15) is 0 Å². The van der Waals surface area contributed by atoms with Crippen LogP contribution in [0.25, 0.3) is 0 Å². The molecule has 22 heavy (non-hydrogen) atoms. The van der Waals surface area contributed by atoms with Gasteiger partial charge in [-0.25, -0.2) is 0 Å². The molecule has 0 saturated heterocycles. The number of rotatable bonds is 6. The summed E-state index contributed by atoms with van der Waals surface area (Å²) in [5, 5.41) is 14.7. The van der Waals surface area contributed by atoms with E-state index in [1.165, 1.54) is 31.2 Å². The predicted molar refractivity (Wildman–Crippen MR) is 88.9 cm³/mol. The molecular weight excluding hydrogens is 276 g/mol. The van der Waals surface area contributed by atoms with Crippen LogP contribution in [0.15, 0.2) is 29.4 Å². The Morgan fingerprint density at radius 3 is 2.59 bits per heavy atom. The standard InChI is InChI=1S/C18H28N2O2/c1-18(2,3)19-12-15(20-21)13-22-17-11-7-6-10-16(17)14-8-4-5-9-14/h6-7,10-11,14,19,21H,4-5,8-9,12-13H2,1-3H3/p+1/b20-15-. The van der Waals surface area contributed by atoms with Crippen molar-refractivity contribution in [3.63, 3.8) is 0 Å². The van der Waals surface area contributed by atoms with Gasteiger partial charge in [0.1, 0.15) is 24.6 Å². The van der Waals surface area contributed by atoms with E-state index in [0.717, 1.165) is 5.75 Å². The van der Waals surface area contributed by atoms with Crippen molar-refractivity contribution in [2.45, 2.75) is 57.9 Å². The zero-order valence-corrected chi connectivity index (χ0v) is 14.0. The van der Waals surface area contributed by atoms with Gasteiger partial charge >= 0.3 is 0 Å². The van der Waals surface area contributed by atoms with Crippen molar-refractivity contribution in [3.05, 3.63) is 29.8 Å². The van der Waals surface area contributed by atoms with Gasteiger partial charge < -0.3 is 15.3 Å². The highest BCUT2D eigenvalue weighted by molar-refractivity contribution is 5.86. The van der Waals surface area contributed by atoms with Gasteiger partial charge in [0.15, 0.2) is 0 Å². The fourth-order valence-corrected chi connectivity index (χ4v) is 2.90. The molecule has 0 radical (unpaired) electrons. The van der Waals surface area contributed by atoms with Gasteiger partial charge in [-0.15, -0.1) is 0 Å². The minimum absolute atomic E-state index is 0.109. The second-order valence-corrected chi connectivity index (χ2v) is 7.25. The Balaban J connectivity index is 1.95. The van der Waals surface area contributed by atoms with E-state index in [2.05, 4.69) is 43.4 Å². The molecule has 1 aliphatic carbocycles. The third-order valence-corrected chi connectivity index (χ3v) is 4.20. The maximum Gasteiger partial charge on any atom is 0.148 e. The van der Waals surface area contributed by atoms with Gasteiger partial charge in [-0.05, 0) is 51.2 Å². The summed E-state index contributed by atoms with van der Waals surface area (Å²) in [6.45, 7) is 7.40. The Labute approximate surface area is 133 Å². The van der Waals surface area contributed by atoms with Crippen LogP contribution in [0.4, 0.5) is 0 Å². The Bertz CT molecular complexity index is 500. The normalized spacial score (nSPS) is 17.0. The number of ether oxygens (including phenoxy) is 1. The van der Waals surface area contributed by atoms with E-state index in [1.807, 2.05) is 12.1 Å². The second-order valence-electron chi connectivity index (χ2n) is 7.25. The number of quaternary nitrogens is 1. The van der Waals surface area contributed by atoms with Gasteiger partial charge in [0.05, 0.1) is 5.54 Å². The van der Waals surface area contributed by atoms with Crippen molar-refractivity contribution in [2.24, 2.45) is 5.16 Å². The van der Waals surface area contributed by atoms with E-state index < -0.39 is 0 Å². The van der Waals surface area contributed by atoms with Crippen LogP contribution in [-0.4, -0.2) is 29.6 Å². The number of oxime groups is 1. The molecule has 1 saturated carbocycles. The number of nitrogens with zero attached hydrogens (tertiary/aromatic N) is 1. The average molecular weight is 305 g/mol.